The van der Waals surface area contributed by atoms with Gasteiger partial charge in [-0.3, -0.25) is 14.7 Å². The molecule has 0 bridgehead atoms. The number of fused-ring (bicyclic) bond motifs is 1. The second-order valence-corrected chi connectivity index (χ2v) is 7.05. The number of nitrogens with zero attached hydrogens (tertiary/aromatic N) is 2. The van der Waals surface area contributed by atoms with Gasteiger partial charge in [0, 0.05) is 22.2 Å². The maximum atomic E-state index is 14.3. The first kappa shape index (κ1) is 18.3. The van der Waals surface area contributed by atoms with Gasteiger partial charge in [0.2, 0.25) is 0 Å². The van der Waals surface area contributed by atoms with E-state index in [-0.39, 0.29) is 6.54 Å². The molecule has 0 aliphatic carbocycles. The van der Waals surface area contributed by atoms with Gasteiger partial charge in [0.05, 0.1) is 17.6 Å². The fraction of sp³-hybridized carbons (Fsp3) is 0.150. The smallest absolute Gasteiger partial charge is 0.319 e. The molecule has 1 aromatic heterocycles. The largest absolute Gasteiger partial charge is 0.325 e. The maximum Gasteiger partial charge on any atom is 0.325 e. The van der Waals surface area contributed by atoms with Gasteiger partial charge >= 0.3 is 6.03 Å². The van der Waals surface area contributed by atoms with Crippen LogP contribution in [0.15, 0.2) is 48.7 Å². The minimum atomic E-state index is -1.86. The van der Waals surface area contributed by atoms with Crippen molar-refractivity contribution >= 4 is 34.4 Å². The minimum absolute atomic E-state index is 0.177. The summed E-state index contributed by atoms with van der Waals surface area (Å²) in [5.41, 5.74) is -1.35. The van der Waals surface area contributed by atoms with Gasteiger partial charge < -0.3 is 5.32 Å². The lowest BCUT2D eigenvalue weighted by atomic mass is 9.91. The van der Waals surface area contributed by atoms with Crippen LogP contribution in [0.4, 0.5) is 13.6 Å². The molecule has 28 heavy (non-hydrogen) atoms. The molecule has 1 atom stereocenters. The fourth-order valence-corrected chi connectivity index (χ4v) is 3.69. The highest BCUT2D eigenvalue weighted by molar-refractivity contribution is 6.32. The molecule has 2 aromatic carbocycles. The van der Waals surface area contributed by atoms with E-state index in [2.05, 4.69) is 10.3 Å². The lowest BCUT2D eigenvalue weighted by Gasteiger charge is -2.23. The Labute approximate surface area is 163 Å². The van der Waals surface area contributed by atoms with Crippen LogP contribution < -0.4 is 5.32 Å². The molecule has 142 valence electrons. The van der Waals surface area contributed by atoms with E-state index in [0.717, 1.165) is 22.4 Å². The molecular weight excluding hydrogens is 388 g/mol. The molecule has 0 saturated carbocycles. The Balaban J connectivity index is 1.77. The third-order valence-corrected chi connectivity index (χ3v) is 5.23. The summed E-state index contributed by atoms with van der Waals surface area (Å²) in [6, 6.07) is 9.51. The quantitative estimate of drug-likeness (QED) is 0.671. The van der Waals surface area contributed by atoms with E-state index < -0.39 is 34.7 Å². The van der Waals surface area contributed by atoms with Gasteiger partial charge in [0.15, 0.2) is 0 Å². The van der Waals surface area contributed by atoms with E-state index in [9.17, 15) is 18.4 Å². The zero-order valence-corrected chi connectivity index (χ0v) is 15.4. The molecule has 8 heteroatoms. The third-order valence-electron chi connectivity index (χ3n) is 4.88. The van der Waals surface area contributed by atoms with E-state index in [0.29, 0.717) is 16.1 Å². The number of imide groups is 1. The summed E-state index contributed by atoms with van der Waals surface area (Å²) in [7, 11) is 0. The number of urea groups is 1. The first-order chi connectivity index (χ1) is 13.3. The predicted octanol–water partition coefficient (Wildman–Crippen LogP) is 4.13. The number of aromatic nitrogens is 1. The molecule has 0 radical (unpaired) electrons. The Kier molecular flexibility index (Phi) is 4.27. The number of pyridine rings is 1. The molecule has 4 rings (SSSR count). The summed E-state index contributed by atoms with van der Waals surface area (Å²) < 4.78 is 28.6. The average Bonchev–Trinajstić information content (AvgIpc) is 2.87. The van der Waals surface area contributed by atoms with Crippen LogP contribution in [0.5, 0.6) is 0 Å². The van der Waals surface area contributed by atoms with Gasteiger partial charge in [-0.1, -0.05) is 29.8 Å². The second kappa shape index (κ2) is 6.53. The highest BCUT2D eigenvalue weighted by Crippen LogP contribution is 2.34. The Morgan fingerprint density at radius 1 is 1.11 bits per heavy atom. The highest BCUT2D eigenvalue weighted by Gasteiger charge is 2.51. The van der Waals surface area contributed by atoms with Crippen LogP contribution >= 0.6 is 11.6 Å². The highest BCUT2D eigenvalue weighted by atomic mass is 35.5. The van der Waals surface area contributed by atoms with Gasteiger partial charge in [-0.25, -0.2) is 13.6 Å². The molecule has 1 aliphatic rings. The molecule has 5 nitrogen and oxygen atoms in total. The molecule has 1 saturated heterocycles. The molecule has 1 fully saturated rings. The number of hydrogen-bond donors (Lipinski definition) is 1. The SMILES string of the molecule is CC1(c2c(F)cccc2F)NC(=O)N(Cc2c(Cl)ccc3cccnc23)C1=O. The van der Waals surface area contributed by atoms with Crippen LogP contribution in [0.2, 0.25) is 5.02 Å². The summed E-state index contributed by atoms with van der Waals surface area (Å²) in [5.74, 6) is -2.60. The monoisotopic (exact) mass is 401 g/mol. The molecular formula is C20H14ClF2N3O2. The first-order valence-electron chi connectivity index (χ1n) is 8.43. The van der Waals surface area contributed by atoms with Crippen LogP contribution in [0.1, 0.15) is 18.1 Å². The normalized spacial score (nSPS) is 19.4. The maximum absolute atomic E-state index is 14.3. The third kappa shape index (κ3) is 2.70. The number of nitrogens with one attached hydrogen (secondary N) is 1. The van der Waals surface area contributed by atoms with E-state index in [4.69, 9.17) is 11.6 Å². The molecule has 3 aromatic rings. The second-order valence-electron chi connectivity index (χ2n) is 6.64. The Morgan fingerprint density at radius 2 is 1.82 bits per heavy atom. The van der Waals surface area contributed by atoms with E-state index >= 15 is 0 Å². The van der Waals surface area contributed by atoms with Crippen molar-refractivity contribution in [1.82, 2.24) is 15.2 Å². The number of amides is 3. The van der Waals surface area contributed by atoms with Crippen molar-refractivity contribution in [1.29, 1.82) is 0 Å². The lowest BCUT2D eigenvalue weighted by molar-refractivity contribution is -0.131. The summed E-state index contributed by atoms with van der Waals surface area (Å²) in [5, 5.41) is 3.53. The van der Waals surface area contributed by atoms with Gasteiger partial charge in [0.25, 0.3) is 5.91 Å². The van der Waals surface area contributed by atoms with Crippen LogP contribution in [0, 0.1) is 11.6 Å². The van der Waals surface area contributed by atoms with Crippen molar-refractivity contribution in [2.75, 3.05) is 0 Å². The van der Waals surface area contributed by atoms with Gasteiger partial charge in [-0.2, -0.15) is 0 Å². The van der Waals surface area contributed by atoms with E-state index in [1.54, 1.807) is 24.4 Å². The average molecular weight is 402 g/mol. The molecule has 2 heterocycles. The van der Waals surface area contributed by atoms with Crippen molar-refractivity contribution in [2.24, 2.45) is 0 Å². The minimum Gasteiger partial charge on any atom is -0.319 e. The summed E-state index contributed by atoms with van der Waals surface area (Å²) in [6.45, 7) is 1.10. The van der Waals surface area contributed by atoms with Crippen LogP contribution in [0.3, 0.4) is 0 Å². The topological polar surface area (TPSA) is 62.3 Å². The molecule has 1 aliphatic heterocycles. The number of hydrogen-bond acceptors (Lipinski definition) is 3. The van der Waals surface area contributed by atoms with Crippen LogP contribution in [-0.4, -0.2) is 21.8 Å². The van der Waals surface area contributed by atoms with Crippen molar-refractivity contribution in [3.8, 4) is 0 Å². The van der Waals surface area contributed by atoms with Gasteiger partial charge in [-0.05, 0) is 31.2 Å². The number of carbonyl (C=O) groups excluding carboxylic acids is 2. The summed E-state index contributed by atoms with van der Waals surface area (Å²) >= 11 is 6.29. The number of halogens is 3. The Bertz CT molecular complexity index is 1120. The van der Waals surface area contributed by atoms with Crippen LogP contribution in [-0.2, 0) is 16.9 Å². The molecule has 1 N–H and O–H groups in total. The van der Waals surface area contributed by atoms with Gasteiger partial charge in [0.1, 0.15) is 17.2 Å². The lowest BCUT2D eigenvalue weighted by Crippen LogP contribution is -2.42. The number of rotatable bonds is 3. The Hall–Kier alpha value is -3.06. The van der Waals surface area contributed by atoms with E-state index in [1.165, 1.54) is 13.0 Å². The number of benzene rings is 2. The molecule has 3 amide bonds. The van der Waals surface area contributed by atoms with Crippen molar-refractivity contribution in [2.45, 2.75) is 19.0 Å². The standard InChI is InChI=1S/C20H14ClF2N3O2/c1-20(16-14(22)5-2-6-15(16)23)18(27)26(19(28)25-20)10-12-13(21)8-7-11-4-3-9-24-17(11)12/h2-9H,10H2,1H3,(H,25,28). The van der Waals surface area contributed by atoms with Crippen molar-refractivity contribution in [3.63, 3.8) is 0 Å². The molecule has 1 unspecified atom stereocenters. The number of carbonyl (C=O) groups is 2. The van der Waals surface area contributed by atoms with Gasteiger partial charge in [-0.15, -0.1) is 0 Å². The Morgan fingerprint density at radius 3 is 2.54 bits per heavy atom. The van der Waals surface area contributed by atoms with Crippen molar-refractivity contribution < 1.29 is 18.4 Å². The molecule has 0 spiro atoms. The van der Waals surface area contributed by atoms with Crippen LogP contribution in [0.25, 0.3) is 10.9 Å². The van der Waals surface area contributed by atoms with Crippen molar-refractivity contribution in [3.05, 3.63) is 76.4 Å². The fourth-order valence-electron chi connectivity index (χ4n) is 3.48. The zero-order valence-electron chi connectivity index (χ0n) is 14.7. The zero-order chi connectivity index (χ0) is 20.1. The predicted molar refractivity (Wildman–Crippen MR) is 99.5 cm³/mol. The summed E-state index contributed by atoms with van der Waals surface area (Å²) in [6.07, 6.45) is 1.58. The summed E-state index contributed by atoms with van der Waals surface area (Å²) in [4.78, 5) is 30.7. The van der Waals surface area contributed by atoms with E-state index in [1.807, 2.05) is 6.07 Å². The first-order valence-corrected chi connectivity index (χ1v) is 8.81.